The Morgan fingerprint density at radius 3 is 2.59 bits per heavy atom. The van der Waals surface area contributed by atoms with Crippen LogP contribution in [0.3, 0.4) is 0 Å². The van der Waals surface area contributed by atoms with E-state index in [4.69, 9.17) is 0 Å². The summed E-state index contributed by atoms with van der Waals surface area (Å²) in [6.07, 6.45) is -4.56. The molecule has 142 valence electrons. The van der Waals surface area contributed by atoms with Gasteiger partial charge in [-0.15, -0.1) is 11.8 Å². The first-order valence-corrected chi connectivity index (χ1v) is 9.07. The molecule has 0 saturated carbocycles. The largest absolute Gasteiger partial charge is 0.416 e. The third-order valence-corrected chi connectivity index (χ3v) is 5.43. The minimum absolute atomic E-state index is 0.0791. The quantitative estimate of drug-likeness (QED) is 0.789. The predicted molar refractivity (Wildman–Crippen MR) is 98.9 cm³/mol. The zero-order valence-corrected chi connectivity index (χ0v) is 15.4. The summed E-state index contributed by atoms with van der Waals surface area (Å²) in [6.45, 7) is 3.82. The molecule has 2 N–H and O–H groups in total. The van der Waals surface area contributed by atoms with Gasteiger partial charge < -0.3 is 10.6 Å². The second-order valence-corrected chi connectivity index (χ2v) is 7.62. The lowest BCUT2D eigenvalue weighted by Crippen LogP contribution is -2.32. The second kappa shape index (κ2) is 7.26. The van der Waals surface area contributed by atoms with Crippen molar-refractivity contribution >= 4 is 35.0 Å². The van der Waals surface area contributed by atoms with Crippen LogP contribution in [-0.2, 0) is 15.8 Å². The average Bonchev–Trinajstić information content (AvgIpc) is 2.57. The van der Waals surface area contributed by atoms with Crippen LogP contribution >= 0.6 is 11.8 Å². The van der Waals surface area contributed by atoms with Crippen LogP contribution in [0.5, 0.6) is 0 Å². The van der Waals surface area contributed by atoms with Crippen molar-refractivity contribution in [3.8, 4) is 0 Å². The minimum Gasteiger partial charge on any atom is -0.326 e. The van der Waals surface area contributed by atoms with Crippen molar-refractivity contribution in [1.29, 1.82) is 0 Å². The highest BCUT2D eigenvalue weighted by atomic mass is 32.2. The fraction of sp³-hybridized carbons (Fsp3) is 0.263. The summed E-state index contributed by atoms with van der Waals surface area (Å²) in [5, 5.41) is 4.54. The topological polar surface area (TPSA) is 58.2 Å². The standard InChI is InChI=1S/C19H17F3N2O2S/c1-10-3-5-13(11(2)7-10)23-17(25)9-16-18(26)24-14-8-12(19(20,21)22)4-6-15(14)27-16/h3-8,16H,9H2,1-2H3,(H,23,25)(H,24,26)/t16-/m0/s1. The van der Waals surface area contributed by atoms with Crippen LogP contribution in [0.25, 0.3) is 0 Å². The van der Waals surface area contributed by atoms with Gasteiger partial charge in [0.25, 0.3) is 0 Å². The lowest BCUT2D eigenvalue weighted by atomic mass is 10.1. The molecule has 2 aromatic carbocycles. The summed E-state index contributed by atoms with van der Waals surface area (Å²) in [7, 11) is 0. The van der Waals surface area contributed by atoms with Gasteiger partial charge in [-0.2, -0.15) is 13.2 Å². The van der Waals surface area contributed by atoms with Gasteiger partial charge >= 0.3 is 6.18 Å². The van der Waals surface area contributed by atoms with Crippen LogP contribution in [-0.4, -0.2) is 17.1 Å². The summed E-state index contributed by atoms with van der Waals surface area (Å²) in [6, 6.07) is 8.80. The molecule has 1 atom stereocenters. The SMILES string of the molecule is Cc1ccc(NC(=O)C[C@@H]2Sc3ccc(C(F)(F)F)cc3NC2=O)c(C)c1. The molecule has 0 bridgehead atoms. The van der Waals surface area contributed by atoms with Crippen molar-refractivity contribution in [2.75, 3.05) is 10.6 Å². The number of benzene rings is 2. The third-order valence-electron chi connectivity index (χ3n) is 4.15. The monoisotopic (exact) mass is 394 g/mol. The smallest absolute Gasteiger partial charge is 0.326 e. The van der Waals surface area contributed by atoms with Crippen LogP contribution < -0.4 is 10.6 Å². The number of hydrogen-bond donors (Lipinski definition) is 2. The van der Waals surface area contributed by atoms with Crippen LogP contribution in [0.1, 0.15) is 23.1 Å². The van der Waals surface area contributed by atoms with E-state index in [1.54, 1.807) is 6.07 Å². The number of halogens is 3. The van der Waals surface area contributed by atoms with Crippen LogP contribution in [0, 0.1) is 13.8 Å². The van der Waals surface area contributed by atoms with Gasteiger partial charge in [-0.3, -0.25) is 9.59 Å². The first-order valence-electron chi connectivity index (χ1n) is 8.19. The maximum Gasteiger partial charge on any atom is 0.416 e. The maximum absolute atomic E-state index is 12.8. The van der Waals surface area contributed by atoms with Gasteiger partial charge in [-0.05, 0) is 43.7 Å². The zero-order valence-electron chi connectivity index (χ0n) is 14.6. The number of rotatable bonds is 3. The van der Waals surface area contributed by atoms with E-state index in [9.17, 15) is 22.8 Å². The van der Waals surface area contributed by atoms with E-state index in [0.29, 0.717) is 10.6 Å². The third kappa shape index (κ3) is 4.44. The normalized spacial score (nSPS) is 16.5. The number of thioether (sulfide) groups is 1. The Labute approximate surface area is 158 Å². The van der Waals surface area contributed by atoms with Gasteiger partial charge in [0, 0.05) is 17.0 Å². The Bertz CT molecular complexity index is 912. The van der Waals surface area contributed by atoms with E-state index in [1.165, 1.54) is 6.07 Å². The summed E-state index contributed by atoms with van der Waals surface area (Å²) >= 11 is 1.09. The molecule has 2 amide bonds. The highest BCUT2D eigenvalue weighted by Gasteiger charge is 2.34. The molecular formula is C19H17F3N2O2S. The van der Waals surface area contributed by atoms with Crippen molar-refractivity contribution in [1.82, 2.24) is 0 Å². The van der Waals surface area contributed by atoms with E-state index in [2.05, 4.69) is 10.6 Å². The lowest BCUT2D eigenvalue weighted by molar-refractivity contribution is -0.137. The van der Waals surface area contributed by atoms with Crippen molar-refractivity contribution in [2.45, 2.75) is 36.6 Å². The Balaban J connectivity index is 1.70. The van der Waals surface area contributed by atoms with Crippen LogP contribution in [0.4, 0.5) is 24.5 Å². The van der Waals surface area contributed by atoms with E-state index in [0.717, 1.165) is 35.0 Å². The van der Waals surface area contributed by atoms with Gasteiger partial charge in [0.2, 0.25) is 11.8 Å². The maximum atomic E-state index is 12.8. The van der Waals surface area contributed by atoms with Gasteiger partial charge in [-0.25, -0.2) is 0 Å². The summed E-state index contributed by atoms with van der Waals surface area (Å²) in [4.78, 5) is 25.0. The fourth-order valence-corrected chi connectivity index (χ4v) is 3.88. The molecule has 0 fully saturated rings. The molecule has 0 spiro atoms. The summed E-state index contributed by atoms with van der Waals surface area (Å²) in [5.41, 5.74) is 1.94. The molecule has 1 heterocycles. The van der Waals surface area contributed by atoms with Gasteiger partial charge in [0.05, 0.1) is 16.5 Å². The number of nitrogens with one attached hydrogen (secondary N) is 2. The number of alkyl halides is 3. The molecule has 1 aliphatic heterocycles. The Morgan fingerprint density at radius 2 is 1.93 bits per heavy atom. The first kappa shape index (κ1) is 19.3. The van der Waals surface area contributed by atoms with E-state index in [1.807, 2.05) is 26.0 Å². The molecular weight excluding hydrogens is 377 g/mol. The zero-order chi connectivity index (χ0) is 19.8. The molecule has 3 rings (SSSR count). The van der Waals surface area contributed by atoms with E-state index < -0.39 is 22.9 Å². The molecule has 0 radical (unpaired) electrons. The predicted octanol–water partition coefficient (Wildman–Crippen LogP) is 4.76. The van der Waals surface area contributed by atoms with Crippen LogP contribution in [0.15, 0.2) is 41.3 Å². The van der Waals surface area contributed by atoms with Gasteiger partial charge in [0.1, 0.15) is 0 Å². The fourth-order valence-electron chi connectivity index (χ4n) is 2.78. The van der Waals surface area contributed by atoms with Crippen LogP contribution in [0.2, 0.25) is 0 Å². The molecule has 0 unspecified atom stereocenters. The first-order chi connectivity index (χ1) is 12.6. The van der Waals surface area contributed by atoms with Crippen molar-refractivity contribution < 1.29 is 22.8 Å². The number of anilines is 2. The van der Waals surface area contributed by atoms with Gasteiger partial charge in [-0.1, -0.05) is 17.7 Å². The number of amides is 2. The Kier molecular flexibility index (Phi) is 5.19. The molecule has 0 aliphatic carbocycles. The number of carbonyl (C=O) groups excluding carboxylic acids is 2. The molecule has 0 aromatic heterocycles. The molecule has 4 nitrogen and oxygen atoms in total. The number of fused-ring (bicyclic) bond motifs is 1. The number of hydrogen-bond acceptors (Lipinski definition) is 3. The van der Waals surface area contributed by atoms with Crippen molar-refractivity contribution in [3.63, 3.8) is 0 Å². The highest BCUT2D eigenvalue weighted by molar-refractivity contribution is 8.01. The molecule has 1 aliphatic rings. The average molecular weight is 394 g/mol. The van der Waals surface area contributed by atoms with E-state index >= 15 is 0 Å². The molecule has 0 saturated heterocycles. The summed E-state index contributed by atoms with van der Waals surface area (Å²) in [5.74, 6) is -0.812. The second-order valence-electron chi connectivity index (χ2n) is 6.38. The number of carbonyl (C=O) groups is 2. The van der Waals surface area contributed by atoms with E-state index in [-0.39, 0.29) is 18.0 Å². The Hall–Kier alpha value is -2.48. The van der Waals surface area contributed by atoms with Crippen molar-refractivity contribution in [2.24, 2.45) is 0 Å². The minimum atomic E-state index is -4.48. The lowest BCUT2D eigenvalue weighted by Gasteiger charge is -2.24. The van der Waals surface area contributed by atoms with Crippen molar-refractivity contribution in [3.05, 3.63) is 53.1 Å². The Morgan fingerprint density at radius 1 is 1.19 bits per heavy atom. The highest BCUT2D eigenvalue weighted by Crippen LogP contribution is 2.40. The summed E-state index contributed by atoms with van der Waals surface area (Å²) < 4.78 is 38.4. The molecule has 2 aromatic rings. The number of aryl methyl sites for hydroxylation is 2. The van der Waals surface area contributed by atoms with Gasteiger partial charge in [0.15, 0.2) is 0 Å². The molecule has 27 heavy (non-hydrogen) atoms. The molecule has 8 heteroatoms.